The Balaban J connectivity index is 1.53. The van der Waals surface area contributed by atoms with Crippen molar-refractivity contribution in [1.29, 1.82) is 0 Å². The van der Waals surface area contributed by atoms with E-state index in [2.05, 4.69) is 4.90 Å². The highest BCUT2D eigenvalue weighted by Gasteiger charge is 2.26. The van der Waals surface area contributed by atoms with E-state index < -0.39 is 5.82 Å². The molecule has 0 aliphatic carbocycles. The van der Waals surface area contributed by atoms with Crippen molar-refractivity contribution in [2.24, 2.45) is 5.92 Å². The molecule has 0 N–H and O–H groups in total. The van der Waals surface area contributed by atoms with Gasteiger partial charge in [0.15, 0.2) is 0 Å². The smallest absolute Gasteiger partial charge is 0.256 e. The van der Waals surface area contributed by atoms with Gasteiger partial charge in [0, 0.05) is 37.7 Å². The molecular weight excluding hydrogens is 319 g/mol. The molecule has 6 heteroatoms. The van der Waals surface area contributed by atoms with Gasteiger partial charge in [-0.25, -0.2) is 4.39 Å². The van der Waals surface area contributed by atoms with Gasteiger partial charge in [-0.2, -0.15) is 0 Å². The van der Waals surface area contributed by atoms with Crippen LogP contribution in [0.5, 0.6) is 0 Å². The molecule has 126 valence electrons. The van der Waals surface area contributed by atoms with E-state index in [0.717, 1.165) is 45.7 Å². The summed E-state index contributed by atoms with van der Waals surface area (Å²) >= 11 is 5.88. The second-order valence-electron chi connectivity index (χ2n) is 6.27. The van der Waals surface area contributed by atoms with Gasteiger partial charge in [-0.1, -0.05) is 11.6 Å². The molecule has 2 aliphatic rings. The van der Waals surface area contributed by atoms with Crippen molar-refractivity contribution in [3.63, 3.8) is 0 Å². The standard InChI is InChI=1S/C17H22ClFN2O2/c18-14-1-2-16(19)15(11-14)17(22)21-5-3-13(4-6-21)12-20-7-9-23-10-8-20/h1-2,11,13H,3-10,12H2. The quantitative estimate of drug-likeness (QED) is 0.848. The summed E-state index contributed by atoms with van der Waals surface area (Å²) in [5.74, 6) is -0.161. The Kier molecular flexibility index (Phi) is 5.51. The van der Waals surface area contributed by atoms with Crippen molar-refractivity contribution in [2.75, 3.05) is 45.9 Å². The molecule has 0 saturated carbocycles. The molecule has 3 rings (SSSR count). The van der Waals surface area contributed by atoms with Gasteiger partial charge in [-0.05, 0) is 37.0 Å². The molecule has 2 aliphatic heterocycles. The molecule has 4 nitrogen and oxygen atoms in total. The van der Waals surface area contributed by atoms with Crippen LogP contribution in [0.15, 0.2) is 18.2 Å². The van der Waals surface area contributed by atoms with Crippen LogP contribution in [0.25, 0.3) is 0 Å². The second kappa shape index (κ2) is 7.60. The number of rotatable bonds is 3. The summed E-state index contributed by atoms with van der Waals surface area (Å²) in [6, 6.07) is 4.13. The summed E-state index contributed by atoms with van der Waals surface area (Å²) in [5, 5.41) is 0.386. The molecular formula is C17H22ClFN2O2. The molecule has 0 aromatic heterocycles. The van der Waals surface area contributed by atoms with Gasteiger partial charge in [0.1, 0.15) is 5.82 Å². The molecule has 23 heavy (non-hydrogen) atoms. The van der Waals surface area contributed by atoms with Gasteiger partial charge in [0.2, 0.25) is 0 Å². The number of carbonyl (C=O) groups is 1. The molecule has 1 aromatic carbocycles. The molecule has 0 spiro atoms. The Morgan fingerprint density at radius 2 is 1.91 bits per heavy atom. The summed E-state index contributed by atoms with van der Waals surface area (Å²) in [6.07, 6.45) is 1.93. The minimum atomic E-state index is -0.505. The van der Waals surface area contributed by atoms with Crippen LogP contribution in [0.2, 0.25) is 5.02 Å². The Bertz CT molecular complexity index is 556. The van der Waals surface area contributed by atoms with Crippen molar-refractivity contribution in [1.82, 2.24) is 9.80 Å². The van der Waals surface area contributed by atoms with Gasteiger partial charge in [0.05, 0.1) is 18.8 Å². The van der Waals surface area contributed by atoms with Crippen molar-refractivity contribution in [3.8, 4) is 0 Å². The maximum atomic E-state index is 13.8. The van der Waals surface area contributed by atoms with E-state index in [0.29, 0.717) is 24.0 Å². The highest BCUT2D eigenvalue weighted by atomic mass is 35.5. The molecule has 2 saturated heterocycles. The third kappa shape index (κ3) is 4.22. The number of nitrogens with zero attached hydrogens (tertiary/aromatic N) is 2. The van der Waals surface area contributed by atoms with E-state index in [1.807, 2.05) is 0 Å². The topological polar surface area (TPSA) is 32.8 Å². The van der Waals surface area contributed by atoms with Crippen LogP contribution >= 0.6 is 11.6 Å². The van der Waals surface area contributed by atoms with Crippen molar-refractivity contribution >= 4 is 17.5 Å². The molecule has 0 unspecified atom stereocenters. The van der Waals surface area contributed by atoms with Gasteiger partial charge >= 0.3 is 0 Å². The first-order valence-corrected chi connectivity index (χ1v) is 8.55. The summed E-state index contributed by atoms with van der Waals surface area (Å²) in [7, 11) is 0. The molecule has 2 fully saturated rings. The first-order valence-electron chi connectivity index (χ1n) is 8.18. The van der Waals surface area contributed by atoms with Crippen LogP contribution in [0.4, 0.5) is 4.39 Å². The maximum absolute atomic E-state index is 13.8. The van der Waals surface area contributed by atoms with Crippen molar-refractivity contribution < 1.29 is 13.9 Å². The fourth-order valence-corrected chi connectivity index (χ4v) is 3.47. The number of carbonyl (C=O) groups excluding carboxylic acids is 1. The third-order valence-electron chi connectivity index (χ3n) is 4.68. The van der Waals surface area contributed by atoms with Gasteiger partial charge in [-0.15, -0.1) is 0 Å². The van der Waals surface area contributed by atoms with E-state index in [9.17, 15) is 9.18 Å². The number of ether oxygens (including phenoxy) is 1. The molecule has 2 heterocycles. The summed E-state index contributed by atoms with van der Waals surface area (Å²) in [6.45, 7) is 6.03. The van der Waals surface area contributed by atoms with Crippen LogP contribution in [-0.4, -0.2) is 61.6 Å². The van der Waals surface area contributed by atoms with Crippen LogP contribution in [0.3, 0.4) is 0 Å². The van der Waals surface area contributed by atoms with Gasteiger partial charge in [0.25, 0.3) is 5.91 Å². The lowest BCUT2D eigenvalue weighted by atomic mass is 9.95. The molecule has 1 amide bonds. The Hall–Kier alpha value is -1.17. The number of likely N-dealkylation sites (tertiary alicyclic amines) is 1. The van der Waals surface area contributed by atoms with E-state index >= 15 is 0 Å². The zero-order chi connectivity index (χ0) is 16.2. The lowest BCUT2D eigenvalue weighted by Gasteiger charge is -2.36. The van der Waals surface area contributed by atoms with E-state index in [4.69, 9.17) is 16.3 Å². The Morgan fingerprint density at radius 3 is 2.61 bits per heavy atom. The Morgan fingerprint density at radius 1 is 1.22 bits per heavy atom. The van der Waals surface area contributed by atoms with Crippen LogP contribution in [0.1, 0.15) is 23.2 Å². The van der Waals surface area contributed by atoms with Gasteiger partial charge < -0.3 is 9.64 Å². The fraction of sp³-hybridized carbons (Fsp3) is 0.588. The molecule has 1 aromatic rings. The number of piperidine rings is 1. The number of morpholine rings is 1. The zero-order valence-electron chi connectivity index (χ0n) is 13.1. The monoisotopic (exact) mass is 340 g/mol. The first kappa shape index (κ1) is 16.7. The number of amides is 1. The fourth-order valence-electron chi connectivity index (χ4n) is 3.30. The largest absolute Gasteiger partial charge is 0.379 e. The lowest BCUT2D eigenvalue weighted by Crippen LogP contribution is -2.44. The second-order valence-corrected chi connectivity index (χ2v) is 6.71. The SMILES string of the molecule is O=C(c1cc(Cl)ccc1F)N1CCC(CN2CCOCC2)CC1. The number of hydrogen-bond donors (Lipinski definition) is 0. The number of hydrogen-bond acceptors (Lipinski definition) is 3. The average Bonchev–Trinajstić information content (AvgIpc) is 2.58. The minimum absolute atomic E-state index is 0.0733. The molecule has 0 atom stereocenters. The summed E-state index contributed by atoms with van der Waals surface area (Å²) < 4.78 is 19.2. The average molecular weight is 341 g/mol. The van der Waals surface area contributed by atoms with Crippen LogP contribution < -0.4 is 0 Å². The van der Waals surface area contributed by atoms with Gasteiger partial charge in [-0.3, -0.25) is 9.69 Å². The lowest BCUT2D eigenvalue weighted by molar-refractivity contribution is 0.0242. The zero-order valence-corrected chi connectivity index (χ0v) is 13.9. The minimum Gasteiger partial charge on any atom is -0.379 e. The maximum Gasteiger partial charge on any atom is 0.256 e. The summed E-state index contributed by atoms with van der Waals surface area (Å²) in [4.78, 5) is 16.6. The van der Waals surface area contributed by atoms with E-state index in [1.54, 1.807) is 4.90 Å². The molecule has 0 radical (unpaired) electrons. The van der Waals surface area contributed by atoms with E-state index in [-0.39, 0.29) is 11.5 Å². The van der Waals surface area contributed by atoms with Crippen molar-refractivity contribution in [3.05, 3.63) is 34.6 Å². The molecule has 0 bridgehead atoms. The first-order chi connectivity index (χ1) is 11.1. The third-order valence-corrected chi connectivity index (χ3v) is 4.92. The highest BCUT2D eigenvalue weighted by molar-refractivity contribution is 6.31. The van der Waals surface area contributed by atoms with Crippen molar-refractivity contribution in [2.45, 2.75) is 12.8 Å². The normalized spacial score (nSPS) is 20.7. The predicted octanol–water partition coefficient (Wildman–Crippen LogP) is 2.66. The van der Waals surface area contributed by atoms with Crippen LogP contribution in [0, 0.1) is 11.7 Å². The highest BCUT2D eigenvalue weighted by Crippen LogP contribution is 2.22. The number of benzene rings is 1. The number of halogens is 2. The summed E-state index contributed by atoms with van der Waals surface area (Å²) in [5.41, 5.74) is 0.0733. The van der Waals surface area contributed by atoms with E-state index in [1.165, 1.54) is 18.2 Å². The van der Waals surface area contributed by atoms with Crippen LogP contribution in [-0.2, 0) is 4.74 Å². The predicted molar refractivity (Wildman–Crippen MR) is 87.3 cm³/mol. The Labute approximate surface area is 141 Å².